The summed E-state index contributed by atoms with van der Waals surface area (Å²) in [5, 5.41) is 11.5. The first kappa shape index (κ1) is 15.3. The summed E-state index contributed by atoms with van der Waals surface area (Å²) in [4.78, 5) is 11.6. The van der Waals surface area contributed by atoms with Gasteiger partial charge in [0, 0.05) is 12.6 Å². The Morgan fingerprint density at radius 3 is 2.53 bits per heavy atom. The summed E-state index contributed by atoms with van der Waals surface area (Å²) in [6.45, 7) is 4.25. The lowest BCUT2D eigenvalue weighted by Crippen LogP contribution is -2.36. The van der Waals surface area contributed by atoms with E-state index in [0.29, 0.717) is 24.5 Å². The van der Waals surface area contributed by atoms with Gasteiger partial charge < -0.3 is 19.9 Å². The first-order valence-corrected chi connectivity index (χ1v) is 6.42. The maximum Gasteiger partial charge on any atom is 0.258 e. The Kier molecular flexibility index (Phi) is 6.74. The summed E-state index contributed by atoms with van der Waals surface area (Å²) >= 11 is 0. The molecule has 0 heterocycles. The van der Waals surface area contributed by atoms with Crippen molar-refractivity contribution in [1.29, 1.82) is 0 Å². The highest BCUT2D eigenvalue weighted by molar-refractivity contribution is 5.77. The van der Waals surface area contributed by atoms with E-state index in [0.717, 1.165) is 0 Å². The van der Waals surface area contributed by atoms with Crippen LogP contribution in [0.3, 0.4) is 0 Å². The van der Waals surface area contributed by atoms with Gasteiger partial charge in [-0.3, -0.25) is 4.79 Å². The molecular weight excluding hydrogens is 246 g/mol. The van der Waals surface area contributed by atoms with Crippen molar-refractivity contribution in [2.45, 2.75) is 26.3 Å². The molecule has 0 saturated heterocycles. The van der Waals surface area contributed by atoms with Crippen LogP contribution in [0.1, 0.15) is 20.3 Å². The minimum absolute atomic E-state index is 0.0511. The zero-order chi connectivity index (χ0) is 14.1. The predicted octanol–water partition coefficient (Wildman–Crippen LogP) is 1.35. The highest BCUT2D eigenvalue weighted by Gasteiger charge is 2.09. The van der Waals surface area contributed by atoms with E-state index in [9.17, 15) is 4.79 Å². The van der Waals surface area contributed by atoms with Crippen LogP contribution in [-0.2, 0) is 4.79 Å². The van der Waals surface area contributed by atoms with Crippen LogP contribution in [0, 0.1) is 0 Å². The van der Waals surface area contributed by atoms with E-state index < -0.39 is 0 Å². The quantitative estimate of drug-likeness (QED) is 0.746. The number of carbonyl (C=O) groups is 1. The number of ether oxygens (including phenoxy) is 2. The highest BCUT2D eigenvalue weighted by atomic mass is 16.5. The van der Waals surface area contributed by atoms with Crippen LogP contribution < -0.4 is 14.8 Å². The van der Waals surface area contributed by atoms with E-state index in [-0.39, 0.29) is 25.2 Å². The third kappa shape index (κ3) is 5.61. The third-order valence-corrected chi connectivity index (χ3v) is 2.48. The topological polar surface area (TPSA) is 67.8 Å². The average molecular weight is 267 g/mol. The molecule has 1 aromatic carbocycles. The van der Waals surface area contributed by atoms with Gasteiger partial charge in [-0.2, -0.15) is 0 Å². The Bertz CT molecular complexity index is 395. The van der Waals surface area contributed by atoms with Crippen molar-refractivity contribution in [2.75, 3.05) is 19.8 Å². The fraction of sp³-hybridized carbons (Fsp3) is 0.500. The lowest BCUT2D eigenvalue weighted by Gasteiger charge is -2.14. The van der Waals surface area contributed by atoms with Crippen LogP contribution in [0.25, 0.3) is 0 Å². The van der Waals surface area contributed by atoms with E-state index >= 15 is 0 Å². The molecule has 0 aromatic heterocycles. The molecule has 0 saturated carbocycles. The Morgan fingerprint density at radius 2 is 1.95 bits per heavy atom. The Balaban J connectivity index is 2.45. The van der Waals surface area contributed by atoms with Crippen molar-refractivity contribution in [1.82, 2.24) is 5.32 Å². The lowest BCUT2D eigenvalue weighted by molar-refractivity contribution is -0.123. The van der Waals surface area contributed by atoms with Crippen molar-refractivity contribution in [3.05, 3.63) is 24.3 Å². The first-order valence-electron chi connectivity index (χ1n) is 6.42. The van der Waals surface area contributed by atoms with Crippen molar-refractivity contribution < 1.29 is 19.4 Å². The van der Waals surface area contributed by atoms with Crippen LogP contribution in [-0.4, -0.2) is 36.9 Å². The maximum atomic E-state index is 11.6. The Hall–Kier alpha value is -1.75. The van der Waals surface area contributed by atoms with Crippen molar-refractivity contribution in [2.24, 2.45) is 0 Å². The van der Waals surface area contributed by atoms with Gasteiger partial charge in [0.1, 0.15) is 0 Å². The van der Waals surface area contributed by atoms with E-state index in [1.807, 2.05) is 26.0 Å². The average Bonchev–Trinajstić information content (AvgIpc) is 2.38. The minimum atomic E-state index is -0.216. The number of carbonyl (C=O) groups excluding carboxylic acids is 1. The van der Waals surface area contributed by atoms with Crippen molar-refractivity contribution in [3.8, 4) is 11.5 Å². The van der Waals surface area contributed by atoms with Crippen LogP contribution >= 0.6 is 0 Å². The summed E-state index contributed by atoms with van der Waals surface area (Å²) < 4.78 is 10.8. The summed E-state index contributed by atoms with van der Waals surface area (Å²) in [7, 11) is 0. The Labute approximate surface area is 113 Å². The predicted molar refractivity (Wildman–Crippen MR) is 72.4 cm³/mol. The second-order valence-corrected chi connectivity index (χ2v) is 4.15. The molecule has 0 aliphatic carbocycles. The highest BCUT2D eigenvalue weighted by Crippen LogP contribution is 2.26. The van der Waals surface area contributed by atoms with Gasteiger partial charge in [0.2, 0.25) is 0 Å². The number of hydrogen-bond acceptors (Lipinski definition) is 4. The number of aliphatic hydroxyl groups excluding tert-OH is 1. The molecule has 19 heavy (non-hydrogen) atoms. The smallest absolute Gasteiger partial charge is 0.258 e. The van der Waals surface area contributed by atoms with Gasteiger partial charge in [-0.1, -0.05) is 12.1 Å². The third-order valence-electron chi connectivity index (χ3n) is 2.48. The van der Waals surface area contributed by atoms with Gasteiger partial charge >= 0.3 is 0 Å². The van der Waals surface area contributed by atoms with Crippen LogP contribution in [0.4, 0.5) is 0 Å². The normalized spacial score (nSPS) is 11.7. The van der Waals surface area contributed by atoms with Gasteiger partial charge in [-0.05, 0) is 32.4 Å². The van der Waals surface area contributed by atoms with E-state index in [1.54, 1.807) is 12.1 Å². The molecule has 0 spiro atoms. The molecule has 1 aromatic rings. The first-order chi connectivity index (χ1) is 9.17. The second kappa shape index (κ2) is 8.37. The zero-order valence-corrected chi connectivity index (χ0v) is 11.4. The summed E-state index contributed by atoms with van der Waals surface area (Å²) in [6.07, 6.45) is 0.529. The molecule has 1 amide bonds. The molecule has 1 rings (SSSR count). The number of hydrogen-bond donors (Lipinski definition) is 2. The Morgan fingerprint density at radius 1 is 1.32 bits per heavy atom. The van der Waals surface area contributed by atoms with Gasteiger partial charge in [0.15, 0.2) is 18.1 Å². The van der Waals surface area contributed by atoms with E-state index in [2.05, 4.69) is 5.32 Å². The molecular formula is C14H21NO4. The fourth-order valence-corrected chi connectivity index (χ4v) is 1.57. The van der Waals surface area contributed by atoms with Crippen molar-refractivity contribution in [3.63, 3.8) is 0 Å². The molecule has 106 valence electrons. The number of para-hydroxylation sites is 2. The molecule has 0 aliphatic heterocycles. The van der Waals surface area contributed by atoms with Gasteiger partial charge in [0.05, 0.1) is 6.61 Å². The monoisotopic (exact) mass is 267 g/mol. The molecule has 0 fully saturated rings. The summed E-state index contributed by atoms with van der Waals surface area (Å²) in [5.41, 5.74) is 0. The second-order valence-electron chi connectivity index (χ2n) is 4.15. The molecule has 0 bridgehead atoms. The zero-order valence-electron chi connectivity index (χ0n) is 11.4. The standard InChI is InChI=1S/C14H21NO4/c1-3-18-12-6-4-5-7-13(12)19-10-14(17)15-11(2)8-9-16/h4-7,11,16H,3,8-10H2,1-2H3,(H,15,17). The molecule has 0 radical (unpaired) electrons. The maximum absolute atomic E-state index is 11.6. The molecule has 1 atom stereocenters. The number of rotatable bonds is 8. The van der Waals surface area contributed by atoms with E-state index in [1.165, 1.54) is 0 Å². The lowest BCUT2D eigenvalue weighted by atomic mass is 10.2. The molecule has 1 unspecified atom stereocenters. The molecule has 5 heteroatoms. The van der Waals surface area contributed by atoms with Gasteiger partial charge in [-0.15, -0.1) is 0 Å². The molecule has 2 N–H and O–H groups in total. The van der Waals surface area contributed by atoms with Crippen molar-refractivity contribution >= 4 is 5.91 Å². The van der Waals surface area contributed by atoms with E-state index in [4.69, 9.17) is 14.6 Å². The molecule has 0 aliphatic rings. The van der Waals surface area contributed by atoms with Crippen LogP contribution in [0.5, 0.6) is 11.5 Å². The molecule has 5 nitrogen and oxygen atoms in total. The summed E-state index contributed by atoms with van der Waals surface area (Å²) in [5.74, 6) is 0.961. The number of benzene rings is 1. The van der Waals surface area contributed by atoms with Crippen LogP contribution in [0.15, 0.2) is 24.3 Å². The van der Waals surface area contributed by atoms with Gasteiger partial charge in [0.25, 0.3) is 5.91 Å². The van der Waals surface area contributed by atoms with Crippen LogP contribution in [0.2, 0.25) is 0 Å². The number of nitrogens with one attached hydrogen (secondary N) is 1. The minimum Gasteiger partial charge on any atom is -0.490 e. The summed E-state index contributed by atoms with van der Waals surface area (Å²) in [6, 6.07) is 7.16. The van der Waals surface area contributed by atoms with Gasteiger partial charge in [-0.25, -0.2) is 0 Å². The fourth-order valence-electron chi connectivity index (χ4n) is 1.57. The number of aliphatic hydroxyl groups is 1. The largest absolute Gasteiger partial charge is 0.490 e. The SMILES string of the molecule is CCOc1ccccc1OCC(=O)NC(C)CCO. The number of amides is 1.